The highest BCUT2D eigenvalue weighted by molar-refractivity contribution is 6.31. The minimum atomic E-state index is 0.326. The molecule has 0 atom stereocenters. The Morgan fingerprint density at radius 1 is 1.50 bits per heavy atom. The number of halogens is 1. The molecule has 14 heavy (non-hydrogen) atoms. The van der Waals surface area contributed by atoms with Crippen molar-refractivity contribution in [3.05, 3.63) is 34.3 Å². The van der Waals surface area contributed by atoms with E-state index in [0.29, 0.717) is 18.1 Å². The number of Topliss-reactive ketones (excluding diaryl/α,β-unsaturated/α-hetero) is 1. The first-order valence-electron chi connectivity index (χ1n) is 4.94. The summed E-state index contributed by atoms with van der Waals surface area (Å²) in [6, 6.07) is 5.87. The average molecular weight is 209 g/mol. The maximum absolute atomic E-state index is 11.6. The largest absolute Gasteiger partial charge is 0.299 e. The Labute approximate surface area is 89.1 Å². The number of hydrogen-bond donors (Lipinski definition) is 0. The van der Waals surface area contributed by atoms with Crippen molar-refractivity contribution >= 4 is 17.4 Å². The fraction of sp³-hybridized carbons (Fsp3) is 0.417. The molecule has 0 bridgehead atoms. The van der Waals surface area contributed by atoms with Gasteiger partial charge >= 0.3 is 0 Å². The number of aryl methyl sites for hydroxylation is 1. The van der Waals surface area contributed by atoms with Crippen molar-refractivity contribution in [1.29, 1.82) is 0 Å². The lowest BCUT2D eigenvalue weighted by atomic mass is 10.0. The van der Waals surface area contributed by atoms with E-state index in [0.717, 1.165) is 29.0 Å². The highest BCUT2D eigenvalue weighted by atomic mass is 35.5. The zero-order valence-electron chi connectivity index (χ0n) is 8.22. The quantitative estimate of drug-likeness (QED) is 0.746. The third-order valence-electron chi connectivity index (χ3n) is 2.61. The molecule has 1 aliphatic carbocycles. The molecule has 0 spiro atoms. The van der Waals surface area contributed by atoms with Crippen LogP contribution in [-0.4, -0.2) is 5.78 Å². The fourth-order valence-corrected chi connectivity index (χ4v) is 1.83. The number of benzene rings is 1. The van der Waals surface area contributed by atoms with Crippen LogP contribution in [0.5, 0.6) is 0 Å². The second kappa shape index (κ2) is 3.74. The third-order valence-corrected chi connectivity index (χ3v) is 2.96. The smallest absolute Gasteiger partial charge is 0.140 e. The van der Waals surface area contributed by atoms with Crippen LogP contribution in [0.3, 0.4) is 0 Å². The summed E-state index contributed by atoms with van der Waals surface area (Å²) in [6.45, 7) is 2.00. The molecule has 1 fully saturated rings. The molecule has 1 saturated carbocycles. The van der Waals surface area contributed by atoms with E-state index >= 15 is 0 Å². The Hall–Kier alpha value is -0.820. The second-order valence-corrected chi connectivity index (χ2v) is 4.42. The van der Waals surface area contributed by atoms with E-state index in [2.05, 4.69) is 0 Å². The zero-order valence-corrected chi connectivity index (χ0v) is 8.97. The third kappa shape index (κ3) is 2.16. The lowest BCUT2D eigenvalue weighted by Gasteiger charge is -2.03. The van der Waals surface area contributed by atoms with Crippen LogP contribution in [0.4, 0.5) is 0 Å². The van der Waals surface area contributed by atoms with Crippen molar-refractivity contribution < 1.29 is 4.79 Å². The molecule has 0 unspecified atom stereocenters. The lowest BCUT2D eigenvalue weighted by Crippen LogP contribution is -2.05. The van der Waals surface area contributed by atoms with Crippen molar-refractivity contribution in [1.82, 2.24) is 0 Å². The van der Waals surface area contributed by atoms with Gasteiger partial charge < -0.3 is 0 Å². The molecule has 0 saturated heterocycles. The first-order chi connectivity index (χ1) is 6.66. The molecule has 0 N–H and O–H groups in total. The molecule has 0 aliphatic heterocycles. The van der Waals surface area contributed by atoms with Gasteiger partial charge in [-0.3, -0.25) is 4.79 Å². The lowest BCUT2D eigenvalue weighted by molar-refractivity contribution is -0.119. The predicted molar refractivity (Wildman–Crippen MR) is 57.6 cm³/mol. The van der Waals surface area contributed by atoms with Crippen molar-refractivity contribution in [2.24, 2.45) is 5.92 Å². The number of ketones is 1. The molecule has 0 aromatic heterocycles. The summed E-state index contributed by atoms with van der Waals surface area (Å²) in [5.41, 5.74) is 2.10. The first kappa shape index (κ1) is 9.72. The van der Waals surface area contributed by atoms with Crippen LogP contribution in [0.15, 0.2) is 18.2 Å². The monoisotopic (exact) mass is 208 g/mol. The Morgan fingerprint density at radius 2 is 2.21 bits per heavy atom. The Kier molecular flexibility index (Phi) is 2.60. The fourth-order valence-electron chi connectivity index (χ4n) is 1.53. The van der Waals surface area contributed by atoms with Gasteiger partial charge in [-0.05, 0) is 37.0 Å². The second-order valence-electron chi connectivity index (χ2n) is 4.01. The topological polar surface area (TPSA) is 17.1 Å². The van der Waals surface area contributed by atoms with Crippen molar-refractivity contribution in [3.63, 3.8) is 0 Å². The summed E-state index contributed by atoms with van der Waals surface area (Å²) in [5, 5.41) is 0.721. The molecule has 1 aromatic carbocycles. The van der Waals surface area contributed by atoms with E-state index in [9.17, 15) is 4.79 Å². The van der Waals surface area contributed by atoms with Gasteiger partial charge in [-0.25, -0.2) is 0 Å². The molecular formula is C12H13ClO. The minimum Gasteiger partial charge on any atom is -0.299 e. The molecule has 2 heteroatoms. The van der Waals surface area contributed by atoms with Crippen LogP contribution in [0.2, 0.25) is 5.02 Å². The maximum atomic E-state index is 11.6. The van der Waals surface area contributed by atoms with Gasteiger partial charge in [0.1, 0.15) is 5.78 Å². The summed E-state index contributed by atoms with van der Waals surface area (Å²) < 4.78 is 0. The van der Waals surface area contributed by atoms with E-state index < -0.39 is 0 Å². The molecular weight excluding hydrogens is 196 g/mol. The Balaban J connectivity index is 2.11. The van der Waals surface area contributed by atoms with Crippen LogP contribution in [0.1, 0.15) is 24.0 Å². The van der Waals surface area contributed by atoms with Crippen LogP contribution >= 0.6 is 11.6 Å². The summed E-state index contributed by atoms with van der Waals surface area (Å²) in [5.74, 6) is 0.670. The molecule has 0 amide bonds. The van der Waals surface area contributed by atoms with Crippen molar-refractivity contribution in [3.8, 4) is 0 Å². The summed E-state index contributed by atoms with van der Waals surface area (Å²) in [4.78, 5) is 11.6. The van der Waals surface area contributed by atoms with Crippen LogP contribution < -0.4 is 0 Å². The van der Waals surface area contributed by atoms with E-state index in [1.165, 1.54) is 0 Å². The number of rotatable bonds is 3. The van der Waals surface area contributed by atoms with E-state index in [-0.39, 0.29) is 0 Å². The molecule has 0 radical (unpaired) electrons. The summed E-state index contributed by atoms with van der Waals surface area (Å²) >= 11 is 6.05. The number of carbonyl (C=O) groups is 1. The van der Waals surface area contributed by atoms with Crippen LogP contribution in [0.25, 0.3) is 0 Å². The zero-order chi connectivity index (χ0) is 10.1. The molecule has 74 valence electrons. The van der Waals surface area contributed by atoms with Gasteiger partial charge in [0, 0.05) is 17.4 Å². The normalized spacial score (nSPS) is 15.6. The van der Waals surface area contributed by atoms with Gasteiger partial charge in [0.15, 0.2) is 0 Å². The molecule has 1 nitrogen and oxygen atoms in total. The number of hydrogen-bond acceptors (Lipinski definition) is 1. The summed E-state index contributed by atoms with van der Waals surface area (Å²) in [6.07, 6.45) is 2.65. The standard InChI is InChI=1S/C12H13ClO/c1-8-2-3-10(11(13)6-8)7-12(14)9-4-5-9/h2-3,6,9H,4-5,7H2,1H3. The average Bonchev–Trinajstić information content (AvgIpc) is 2.92. The van der Waals surface area contributed by atoms with Crippen molar-refractivity contribution in [2.45, 2.75) is 26.2 Å². The van der Waals surface area contributed by atoms with Gasteiger partial charge in [0.25, 0.3) is 0 Å². The van der Waals surface area contributed by atoms with Crippen molar-refractivity contribution in [2.75, 3.05) is 0 Å². The highest BCUT2D eigenvalue weighted by Gasteiger charge is 2.29. The Bertz CT molecular complexity index is 367. The van der Waals surface area contributed by atoms with Crippen LogP contribution in [0, 0.1) is 12.8 Å². The minimum absolute atomic E-state index is 0.326. The van der Waals surface area contributed by atoms with Crippen LogP contribution in [-0.2, 0) is 11.2 Å². The van der Waals surface area contributed by atoms with Gasteiger partial charge in [-0.2, -0.15) is 0 Å². The first-order valence-corrected chi connectivity index (χ1v) is 5.32. The van der Waals surface area contributed by atoms with Gasteiger partial charge in [-0.15, -0.1) is 0 Å². The van der Waals surface area contributed by atoms with E-state index in [1.54, 1.807) is 0 Å². The van der Waals surface area contributed by atoms with Gasteiger partial charge in [0.2, 0.25) is 0 Å². The molecule has 1 aliphatic rings. The number of carbonyl (C=O) groups excluding carboxylic acids is 1. The SMILES string of the molecule is Cc1ccc(CC(=O)C2CC2)c(Cl)c1. The molecule has 2 rings (SSSR count). The maximum Gasteiger partial charge on any atom is 0.140 e. The summed E-state index contributed by atoms with van der Waals surface area (Å²) in [7, 11) is 0. The highest BCUT2D eigenvalue weighted by Crippen LogP contribution is 2.31. The molecule has 0 heterocycles. The van der Waals surface area contributed by atoms with Gasteiger partial charge in [0.05, 0.1) is 0 Å². The Morgan fingerprint density at radius 3 is 2.79 bits per heavy atom. The van der Waals surface area contributed by atoms with Gasteiger partial charge in [-0.1, -0.05) is 23.7 Å². The molecule has 1 aromatic rings. The predicted octanol–water partition coefficient (Wildman–Crippen LogP) is 3.17. The van der Waals surface area contributed by atoms with E-state index in [1.807, 2.05) is 25.1 Å². The van der Waals surface area contributed by atoms with E-state index in [4.69, 9.17) is 11.6 Å².